The van der Waals surface area contributed by atoms with Crippen molar-refractivity contribution in [2.75, 3.05) is 5.75 Å². The van der Waals surface area contributed by atoms with Crippen LogP contribution in [0.5, 0.6) is 0 Å². The van der Waals surface area contributed by atoms with E-state index in [4.69, 9.17) is 10.8 Å². The molecule has 0 aliphatic heterocycles. The van der Waals surface area contributed by atoms with Gasteiger partial charge in [0.1, 0.15) is 6.04 Å². The maximum atomic E-state index is 9.76. The zero-order valence-corrected chi connectivity index (χ0v) is 7.47. The van der Waals surface area contributed by atoms with Gasteiger partial charge in [-0.05, 0) is 0 Å². The molecule has 0 heterocycles. The Morgan fingerprint density at radius 1 is 2.00 bits per heavy atom. The van der Waals surface area contributed by atoms with Crippen LogP contribution in [-0.4, -0.2) is 60.6 Å². The van der Waals surface area contributed by atoms with E-state index in [0.29, 0.717) is 0 Å². The summed E-state index contributed by atoms with van der Waals surface area (Å²) in [5, 5.41) is 8.01. The van der Waals surface area contributed by atoms with Gasteiger partial charge in [0.05, 0.1) is 0 Å². The number of carboxylic acid groups (broad SMARTS) is 1. The first-order valence-electron chi connectivity index (χ1n) is 1.77. The third-order valence-corrected chi connectivity index (χ3v) is 0.907. The molecule has 0 aromatic carbocycles. The third kappa shape index (κ3) is 5.18. The Labute approximate surface area is 86.0 Å². The van der Waals surface area contributed by atoms with Crippen LogP contribution in [0.25, 0.3) is 0 Å². The molecule has 0 spiro atoms. The molecule has 0 aliphatic rings. The zero-order valence-electron chi connectivity index (χ0n) is 6.37. The van der Waals surface area contributed by atoms with Crippen molar-refractivity contribution in [2.45, 2.75) is 6.04 Å². The molecule has 0 rings (SSSR count). The van der Waals surface area contributed by atoms with Crippen molar-refractivity contribution in [1.29, 1.82) is 0 Å². The molecule has 5 heteroatoms. The van der Waals surface area contributed by atoms with E-state index in [1.54, 1.807) is 0 Å². The molecule has 0 bridgehead atoms. The molecule has 0 radical (unpaired) electrons. The number of carboxylic acids is 1. The Bertz CT molecular complexity index is 86.9. The Balaban J connectivity index is -0.0000000600. The standard InChI is InChI=1S/C3H7NO2S.Ca.2H/c4-2(1-7)3(5)6;;;/h2,7H,1,4H2,(H,5,6);;;/q;+2;2*-1. The molecule has 0 saturated heterocycles. The van der Waals surface area contributed by atoms with E-state index in [-0.39, 0.29) is 46.3 Å². The van der Waals surface area contributed by atoms with E-state index in [1.807, 2.05) is 0 Å². The maximum Gasteiger partial charge on any atom is 2.00 e. The normalized spacial score (nSPS) is 11.8. The molecule has 0 aromatic rings. The van der Waals surface area contributed by atoms with Crippen molar-refractivity contribution in [2.24, 2.45) is 5.73 Å². The topological polar surface area (TPSA) is 63.3 Å². The number of nitrogens with two attached hydrogens (primary N) is 1. The number of aliphatic carboxylic acids is 1. The van der Waals surface area contributed by atoms with Crippen LogP contribution in [-0.2, 0) is 4.79 Å². The summed E-state index contributed by atoms with van der Waals surface area (Å²) >= 11 is 3.65. The smallest absolute Gasteiger partial charge is 1.00 e. The van der Waals surface area contributed by atoms with E-state index in [1.165, 1.54) is 0 Å². The molecular formula is C3H9CaNO2S. The van der Waals surface area contributed by atoms with E-state index in [9.17, 15) is 4.79 Å². The summed E-state index contributed by atoms with van der Waals surface area (Å²) in [6.45, 7) is 0. The molecular weight excluding hydrogens is 154 g/mol. The molecule has 0 aliphatic carbocycles. The van der Waals surface area contributed by atoms with E-state index < -0.39 is 12.0 Å². The number of hydrogen-bond donors (Lipinski definition) is 3. The quantitative estimate of drug-likeness (QED) is 0.368. The SMILES string of the molecule is NC(CS)C(=O)O.[Ca+2].[H-].[H-]. The van der Waals surface area contributed by atoms with Crippen molar-refractivity contribution >= 4 is 56.3 Å². The van der Waals surface area contributed by atoms with E-state index in [0.717, 1.165) is 0 Å². The number of hydrogen-bond acceptors (Lipinski definition) is 3. The van der Waals surface area contributed by atoms with Gasteiger partial charge in [-0.2, -0.15) is 12.6 Å². The summed E-state index contributed by atoms with van der Waals surface area (Å²) in [5.74, 6) is -0.815. The first-order valence-corrected chi connectivity index (χ1v) is 2.41. The molecule has 1 unspecified atom stereocenters. The van der Waals surface area contributed by atoms with Gasteiger partial charge in [0.25, 0.3) is 0 Å². The second-order valence-corrected chi connectivity index (χ2v) is 1.49. The summed E-state index contributed by atoms with van der Waals surface area (Å²) in [6, 6.07) is -0.816. The summed E-state index contributed by atoms with van der Waals surface area (Å²) < 4.78 is 0. The average molecular weight is 163 g/mol. The van der Waals surface area contributed by atoms with Gasteiger partial charge in [0, 0.05) is 5.75 Å². The number of rotatable bonds is 2. The minimum absolute atomic E-state index is 0. The van der Waals surface area contributed by atoms with Crippen LogP contribution in [0.1, 0.15) is 2.85 Å². The first-order chi connectivity index (χ1) is 3.18. The molecule has 3 nitrogen and oxygen atoms in total. The van der Waals surface area contributed by atoms with Gasteiger partial charge in [-0.15, -0.1) is 0 Å². The fraction of sp³-hybridized carbons (Fsp3) is 0.667. The second kappa shape index (κ2) is 6.16. The first kappa shape index (κ1) is 11.8. The number of thiol groups is 1. The van der Waals surface area contributed by atoms with Gasteiger partial charge < -0.3 is 13.7 Å². The van der Waals surface area contributed by atoms with Gasteiger partial charge in [-0.25, -0.2) is 0 Å². The largest absolute Gasteiger partial charge is 2.00 e. The van der Waals surface area contributed by atoms with Crippen LogP contribution in [0.4, 0.5) is 0 Å². The van der Waals surface area contributed by atoms with Gasteiger partial charge in [-0.1, -0.05) is 0 Å². The molecule has 0 saturated carbocycles. The Hall–Kier alpha value is 1.04. The van der Waals surface area contributed by atoms with Gasteiger partial charge in [0.2, 0.25) is 0 Å². The van der Waals surface area contributed by atoms with Crippen molar-refractivity contribution in [3.05, 3.63) is 0 Å². The van der Waals surface area contributed by atoms with Crippen LogP contribution in [0.15, 0.2) is 0 Å². The Morgan fingerprint density at radius 3 is 2.38 bits per heavy atom. The van der Waals surface area contributed by atoms with Crippen LogP contribution in [0.2, 0.25) is 0 Å². The summed E-state index contributed by atoms with van der Waals surface area (Å²) in [4.78, 5) is 9.76. The fourth-order valence-corrected chi connectivity index (χ4v) is 0.234. The molecule has 3 N–H and O–H groups in total. The van der Waals surface area contributed by atoms with Crippen molar-refractivity contribution in [3.8, 4) is 0 Å². The minimum atomic E-state index is -1.00. The zero-order chi connectivity index (χ0) is 5.86. The summed E-state index contributed by atoms with van der Waals surface area (Å²) in [6.07, 6.45) is 0. The Kier molecular flexibility index (Phi) is 9.08. The molecule has 0 amide bonds. The van der Waals surface area contributed by atoms with Crippen molar-refractivity contribution in [1.82, 2.24) is 0 Å². The number of carbonyl (C=O) groups is 1. The maximum absolute atomic E-state index is 9.76. The second-order valence-electron chi connectivity index (χ2n) is 1.13. The van der Waals surface area contributed by atoms with Gasteiger partial charge in [0.15, 0.2) is 0 Å². The summed E-state index contributed by atoms with van der Waals surface area (Å²) in [7, 11) is 0. The molecule has 0 aromatic heterocycles. The minimum Gasteiger partial charge on any atom is -1.00 e. The predicted molar refractivity (Wildman–Crippen MR) is 37.4 cm³/mol. The summed E-state index contributed by atoms with van der Waals surface area (Å²) in [5.41, 5.74) is 4.94. The molecule has 1 atom stereocenters. The van der Waals surface area contributed by atoms with Crippen molar-refractivity contribution < 1.29 is 12.8 Å². The van der Waals surface area contributed by atoms with Crippen LogP contribution >= 0.6 is 12.6 Å². The van der Waals surface area contributed by atoms with Gasteiger partial charge >= 0.3 is 43.7 Å². The third-order valence-electron chi connectivity index (χ3n) is 0.514. The van der Waals surface area contributed by atoms with Crippen LogP contribution in [0.3, 0.4) is 0 Å². The fourth-order valence-electron chi connectivity index (χ4n) is 0.0781. The van der Waals surface area contributed by atoms with Crippen LogP contribution < -0.4 is 5.73 Å². The van der Waals surface area contributed by atoms with Gasteiger partial charge in [-0.3, -0.25) is 4.79 Å². The average Bonchev–Trinajstić information content (AvgIpc) is 1.65. The van der Waals surface area contributed by atoms with E-state index in [2.05, 4.69) is 12.6 Å². The van der Waals surface area contributed by atoms with Crippen LogP contribution in [0, 0.1) is 0 Å². The Morgan fingerprint density at radius 2 is 2.38 bits per heavy atom. The van der Waals surface area contributed by atoms with Crippen molar-refractivity contribution in [3.63, 3.8) is 0 Å². The van der Waals surface area contributed by atoms with E-state index >= 15 is 0 Å². The molecule has 0 fully saturated rings. The molecule has 46 valence electrons. The molecule has 8 heavy (non-hydrogen) atoms. The predicted octanol–water partition coefficient (Wildman–Crippen LogP) is -0.828. The monoisotopic (exact) mass is 163 g/mol.